The Morgan fingerprint density at radius 1 is 0.605 bits per heavy atom. The van der Waals surface area contributed by atoms with Crippen LogP contribution in [0.15, 0.2) is 0 Å². The molecule has 0 fully saturated rings. The summed E-state index contributed by atoms with van der Waals surface area (Å²) in [6, 6.07) is 0. The monoisotopic (exact) mass is 612 g/mol. The molecule has 0 aromatic heterocycles. The third kappa shape index (κ3) is 24.6. The minimum absolute atomic E-state index is 0.0761. The van der Waals surface area contributed by atoms with Crippen molar-refractivity contribution in [3.63, 3.8) is 0 Å². The maximum absolute atomic E-state index is 13.1. The molecule has 4 amide bonds. The van der Waals surface area contributed by atoms with Gasteiger partial charge in [-0.25, -0.2) is 9.59 Å². The Kier molecular flexibility index (Phi) is 19.2. The zero-order valence-corrected chi connectivity index (χ0v) is 29.2. The summed E-state index contributed by atoms with van der Waals surface area (Å²) in [6.07, 6.45) is 7.10. The lowest BCUT2D eigenvalue weighted by atomic mass is 9.91. The van der Waals surface area contributed by atoms with Gasteiger partial charge in [0.25, 0.3) is 0 Å². The minimum atomic E-state index is -0.620. The highest BCUT2D eigenvalue weighted by atomic mass is 16.6. The van der Waals surface area contributed by atoms with Crippen LogP contribution in [-0.2, 0) is 19.1 Å². The van der Waals surface area contributed by atoms with Crippen molar-refractivity contribution >= 4 is 24.0 Å². The molecule has 0 aliphatic heterocycles. The number of nitrogens with one attached hydrogen (secondary N) is 2. The van der Waals surface area contributed by atoms with Gasteiger partial charge in [0.1, 0.15) is 11.2 Å². The summed E-state index contributed by atoms with van der Waals surface area (Å²) >= 11 is 0. The molecular weight excluding hydrogens is 548 g/mol. The second-order valence-corrected chi connectivity index (χ2v) is 14.6. The number of hydrogen-bond acceptors (Lipinski definition) is 6. The van der Waals surface area contributed by atoms with Gasteiger partial charge in [-0.2, -0.15) is 0 Å². The molecule has 10 nitrogen and oxygen atoms in total. The van der Waals surface area contributed by atoms with Gasteiger partial charge in [-0.1, -0.05) is 47.0 Å². The maximum atomic E-state index is 13.1. The number of ether oxygens (including phenoxy) is 2. The topological polar surface area (TPSA) is 117 Å². The van der Waals surface area contributed by atoms with Gasteiger partial charge < -0.3 is 29.9 Å². The lowest BCUT2D eigenvalue weighted by Crippen LogP contribution is -2.40. The quantitative estimate of drug-likeness (QED) is 0.158. The lowest BCUT2D eigenvalue weighted by molar-refractivity contribution is -0.133. The average molecular weight is 613 g/mol. The SMILES string of the molecule is CCCCCCC(=O)NCCCN(CCCCN(CCCNC(=O)OC(C)(C)C)C(=O)OC(C)(C)C)C(=O)CC(C)(C)C. The molecule has 0 bridgehead atoms. The van der Waals surface area contributed by atoms with E-state index in [-0.39, 0.29) is 17.2 Å². The van der Waals surface area contributed by atoms with Crippen molar-refractivity contribution in [2.45, 2.75) is 145 Å². The molecule has 0 aliphatic carbocycles. The standard InChI is InChI=1S/C33H64N4O6/c1-11-12-13-14-19-27(38)34-20-17-24-36(28(39)26-31(2,3)4)22-15-16-23-37(30(41)43-33(8,9)10)25-18-21-35-29(40)42-32(5,6)7/h11-26H2,1-10H3,(H,34,38)(H,35,40). The Balaban J connectivity index is 4.93. The van der Waals surface area contributed by atoms with Crippen molar-refractivity contribution < 1.29 is 28.7 Å². The molecule has 2 N–H and O–H groups in total. The summed E-state index contributed by atoms with van der Waals surface area (Å²) < 4.78 is 10.9. The highest BCUT2D eigenvalue weighted by molar-refractivity contribution is 5.77. The number of amides is 4. The predicted molar refractivity (Wildman–Crippen MR) is 173 cm³/mol. The Labute approximate surface area is 262 Å². The molecular formula is C33H64N4O6. The largest absolute Gasteiger partial charge is 0.444 e. The molecule has 0 spiro atoms. The number of carbonyl (C=O) groups is 4. The van der Waals surface area contributed by atoms with Gasteiger partial charge in [-0.05, 0) is 79.1 Å². The third-order valence-corrected chi connectivity index (χ3v) is 6.25. The molecule has 0 unspecified atom stereocenters. The smallest absolute Gasteiger partial charge is 0.410 e. The van der Waals surface area contributed by atoms with E-state index in [9.17, 15) is 19.2 Å². The normalized spacial score (nSPS) is 12.0. The molecule has 252 valence electrons. The summed E-state index contributed by atoms with van der Waals surface area (Å²) in [4.78, 5) is 53.6. The van der Waals surface area contributed by atoms with Gasteiger partial charge >= 0.3 is 12.2 Å². The third-order valence-electron chi connectivity index (χ3n) is 6.25. The molecule has 0 rings (SSSR count). The Bertz CT molecular complexity index is 827. The zero-order valence-electron chi connectivity index (χ0n) is 29.2. The van der Waals surface area contributed by atoms with E-state index in [1.807, 2.05) is 46.4 Å². The van der Waals surface area contributed by atoms with Gasteiger partial charge in [0.2, 0.25) is 11.8 Å². The van der Waals surface area contributed by atoms with Gasteiger partial charge in [0.05, 0.1) is 0 Å². The molecule has 0 heterocycles. The van der Waals surface area contributed by atoms with Crippen LogP contribution in [0.4, 0.5) is 9.59 Å². The number of rotatable bonds is 19. The van der Waals surface area contributed by atoms with Crippen LogP contribution in [0.5, 0.6) is 0 Å². The average Bonchev–Trinajstić information content (AvgIpc) is 2.83. The summed E-state index contributed by atoms with van der Waals surface area (Å²) in [6.45, 7) is 22.2. The van der Waals surface area contributed by atoms with Gasteiger partial charge in [0, 0.05) is 52.1 Å². The lowest BCUT2D eigenvalue weighted by Gasteiger charge is -2.29. The van der Waals surface area contributed by atoms with Crippen molar-refractivity contribution in [3.05, 3.63) is 0 Å². The number of alkyl carbamates (subject to hydrolysis) is 1. The van der Waals surface area contributed by atoms with E-state index >= 15 is 0 Å². The summed E-state index contributed by atoms with van der Waals surface area (Å²) in [5.74, 6) is 0.183. The van der Waals surface area contributed by atoms with E-state index < -0.39 is 23.4 Å². The first kappa shape index (κ1) is 40.5. The molecule has 10 heteroatoms. The number of carbonyl (C=O) groups excluding carboxylic acids is 4. The van der Waals surface area contributed by atoms with E-state index in [1.54, 1.807) is 4.90 Å². The number of hydrogen-bond donors (Lipinski definition) is 2. The van der Waals surface area contributed by atoms with Crippen LogP contribution in [0.1, 0.15) is 133 Å². The predicted octanol–water partition coefficient (Wildman–Crippen LogP) is 6.66. The molecule has 0 aromatic rings. The molecule has 0 radical (unpaired) electrons. The molecule has 0 saturated heterocycles. The van der Waals surface area contributed by atoms with Crippen LogP contribution >= 0.6 is 0 Å². The molecule has 0 saturated carbocycles. The first-order valence-electron chi connectivity index (χ1n) is 16.3. The van der Waals surface area contributed by atoms with Crippen LogP contribution < -0.4 is 10.6 Å². The highest BCUT2D eigenvalue weighted by Gasteiger charge is 2.24. The van der Waals surface area contributed by atoms with Crippen molar-refractivity contribution in [1.82, 2.24) is 20.4 Å². The fourth-order valence-electron chi connectivity index (χ4n) is 4.23. The molecule has 0 atom stereocenters. The fourth-order valence-corrected chi connectivity index (χ4v) is 4.23. The first-order valence-corrected chi connectivity index (χ1v) is 16.3. The Morgan fingerprint density at radius 2 is 1.12 bits per heavy atom. The van der Waals surface area contributed by atoms with E-state index in [4.69, 9.17) is 9.47 Å². The van der Waals surface area contributed by atoms with Crippen LogP contribution in [0.2, 0.25) is 0 Å². The molecule has 0 aliphatic rings. The molecule has 43 heavy (non-hydrogen) atoms. The maximum Gasteiger partial charge on any atom is 0.410 e. The van der Waals surface area contributed by atoms with Crippen molar-refractivity contribution in [2.24, 2.45) is 5.41 Å². The van der Waals surface area contributed by atoms with E-state index in [2.05, 4.69) is 38.3 Å². The van der Waals surface area contributed by atoms with E-state index in [1.165, 1.54) is 0 Å². The van der Waals surface area contributed by atoms with Crippen molar-refractivity contribution in [2.75, 3.05) is 39.3 Å². The summed E-state index contributed by atoms with van der Waals surface area (Å²) in [5.41, 5.74) is -1.31. The summed E-state index contributed by atoms with van der Waals surface area (Å²) in [7, 11) is 0. The van der Waals surface area contributed by atoms with Gasteiger partial charge in [-0.3, -0.25) is 9.59 Å². The molecule has 0 aromatic carbocycles. The second-order valence-electron chi connectivity index (χ2n) is 14.6. The number of nitrogens with zero attached hydrogens (tertiary/aromatic N) is 2. The van der Waals surface area contributed by atoms with Gasteiger partial charge in [-0.15, -0.1) is 0 Å². The second kappa shape index (κ2) is 20.4. The van der Waals surface area contributed by atoms with Crippen molar-refractivity contribution in [3.8, 4) is 0 Å². The fraction of sp³-hybridized carbons (Fsp3) is 0.879. The highest BCUT2D eigenvalue weighted by Crippen LogP contribution is 2.20. The minimum Gasteiger partial charge on any atom is -0.444 e. The Hall–Kier alpha value is -2.52. The first-order chi connectivity index (χ1) is 19.8. The zero-order chi connectivity index (χ0) is 33.1. The van der Waals surface area contributed by atoms with Crippen LogP contribution in [-0.4, -0.2) is 84.3 Å². The van der Waals surface area contributed by atoms with Crippen molar-refractivity contribution in [1.29, 1.82) is 0 Å². The summed E-state index contributed by atoms with van der Waals surface area (Å²) in [5, 5.41) is 5.72. The Morgan fingerprint density at radius 3 is 1.65 bits per heavy atom. The van der Waals surface area contributed by atoms with E-state index in [0.717, 1.165) is 32.1 Å². The van der Waals surface area contributed by atoms with Gasteiger partial charge in [0.15, 0.2) is 0 Å². The van der Waals surface area contributed by atoms with E-state index in [0.29, 0.717) is 71.4 Å². The van der Waals surface area contributed by atoms with Crippen LogP contribution in [0.25, 0.3) is 0 Å². The number of unbranched alkanes of at least 4 members (excludes halogenated alkanes) is 4. The van der Waals surface area contributed by atoms with Crippen LogP contribution in [0, 0.1) is 5.41 Å². The van der Waals surface area contributed by atoms with Crippen LogP contribution in [0.3, 0.4) is 0 Å².